The number of nitrogens with zero attached hydrogens (tertiary/aromatic N) is 2. The fourth-order valence-electron chi connectivity index (χ4n) is 3.38. The number of ether oxygens (including phenoxy) is 1. The molecule has 0 radical (unpaired) electrons. The number of carbonyl (C=O) groups excluding carboxylic acids is 2. The first kappa shape index (κ1) is 19.8. The number of benzene rings is 1. The Morgan fingerprint density at radius 2 is 2.00 bits per heavy atom. The van der Waals surface area contributed by atoms with Crippen LogP contribution in [0.3, 0.4) is 0 Å². The molecule has 1 aromatic carbocycles. The highest BCUT2D eigenvalue weighted by Crippen LogP contribution is 2.30. The maximum atomic E-state index is 12.4. The lowest BCUT2D eigenvalue weighted by Gasteiger charge is -2.07. The van der Waals surface area contributed by atoms with E-state index in [1.807, 2.05) is 25.1 Å². The van der Waals surface area contributed by atoms with E-state index in [9.17, 15) is 9.59 Å². The predicted octanol–water partition coefficient (Wildman–Crippen LogP) is 4.46. The Morgan fingerprint density at radius 1 is 1.17 bits per heavy atom. The SMILES string of the molecule is CCOc1ccc2nc(NC(=O)Cc3csc(NC(=O)C4CCCC4)n3)sc2c1. The third kappa shape index (κ3) is 4.91. The van der Waals surface area contributed by atoms with Crippen molar-refractivity contribution in [1.82, 2.24) is 9.97 Å². The summed E-state index contributed by atoms with van der Waals surface area (Å²) in [5, 5.41) is 8.60. The molecule has 4 rings (SSSR count). The second-order valence-corrected chi connectivity index (χ2v) is 8.81. The van der Waals surface area contributed by atoms with Gasteiger partial charge in [0, 0.05) is 11.3 Å². The quantitative estimate of drug-likeness (QED) is 0.577. The Kier molecular flexibility index (Phi) is 6.05. The van der Waals surface area contributed by atoms with Crippen molar-refractivity contribution >= 4 is 55.0 Å². The third-order valence-corrected chi connectivity index (χ3v) is 6.51. The van der Waals surface area contributed by atoms with Gasteiger partial charge in [0.05, 0.1) is 28.9 Å². The Bertz CT molecular complexity index is 1020. The first-order chi connectivity index (χ1) is 14.1. The molecule has 0 aliphatic heterocycles. The minimum Gasteiger partial charge on any atom is -0.494 e. The lowest BCUT2D eigenvalue weighted by Crippen LogP contribution is -2.20. The number of nitrogens with one attached hydrogen (secondary N) is 2. The minimum absolute atomic E-state index is 0.0359. The van der Waals surface area contributed by atoms with E-state index in [4.69, 9.17) is 4.74 Å². The summed E-state index contributed by atoms with van der Waals surface area (Å²) in [6, 6.07) is 5.67. The van der Waals surface area contributed by atoms with Crippen LogP contribution in [0.2, 0.25) is 0 Å². The topological polar surface area (TPSA) is 93.2 Å². The lowest BCUT2D eigenvalue weighted by molar-refractivity contribution is -0.119. The van der Waals surface area contributed by atoms with Crippen LogP contribution in [0.25, 0.3) is 10.2 Å². The van der Waals surface area contributed by atoms with E-state index >= 15 is 0 Å². The molecule has 9 heteroatoms. The summed E-state index contributed by atoms with van der Waals surface area (Å²) in [6.45, 7) is 2.54. The highest BCUT2D eigenvalue weighted by Gasteiger charge is 2.23. The molecule has 3 aromatic rings. The van der Waals surface area contributed by atoms with Gasteiger partial charge in [0.1, 0.15) is 5.75 Å². The number of hydrogen-bond acceptors (Lipinski definition) is 7. The Hall–Kier alpha value is -2.52. The van der Waals surface area contributed by atoms with Crippen LogP contribution in [0, 0.1) is 5.92 Å². The second kappa shape index (κ2) is 8.87. The molecule has 2 heterocycles. The van der Waals surface area contributed by atoms with Crippen LogP contribution < -0.4 is 15.4 Å². The molecule has 1 fully saturated rings. The summed E-state index contributed by atoms with van der Waals surface area (Å²) in [6.07, 6.45) is 4.25. The van der Waals surface area contributed by atoms with Gasteiger partial charge in [-0.1, -0.05) is 24.2 Å². The van der Waals surface area contributed by atoms with Crippen LogP contribution >= 0.6 is 22.7 Å². The van der Waals surface area contributed by atoms with Gasteiger partial charge < -0.3 is 15.4 Å². The Labute approximate surface area is 176 Å². The monoisotopic (exact) mass is 430 g/mol. The summed E-state index contributed by atoms with van der Waals surface area (Å²) < 4.78 is 6.46. The van der Waals surface area contributed by atoms with Crippen molar-refractivity contribution in [2.75, 3.05) is 17.2 Å². The number of aromatic nitrogens is 2. The van der Waals surface area contributed by atoms with Gasteiger partial charge in [-0.2, -0.15) is 0 Å². The van der Waals surface area contributed by atoms with E-state index in [-0.39, 0.29) is 24.2 Å². The van der Waals surface area contributed by atoms with Gasteiger partial charge in [-0.15, -0.1) is 11.3 Å². The second-order valence-electron chi connectivity index (χ2n) is 6.92. The first-order valence-electron chi connectivity index (χ1n) is 9.69. The van der Waals surface area contributed by atoms with Crippen molar-refractivity contribution in [3.05, 3.63) is 29.3 Å². The predicted molar refractivity (Wildman–Crippen MR) is 116 cm³/mol. The lowest BCUT2D eigenvalue weighted by atomic mass is 10.1. The molecule has 0 atom stereocenters. The van der Waals surface area contributed by atoms with Gasteiger partial charge in [0.15, 0.2) is 10.3 Å². The van der Waals surface area contributed by atoms with Crippen molar-refractivity contribution in [2.45, 2.75) is 39.0 Å². The van der Waals surface area contributed by atoms with E-state index in [0.29, 0.717) is 22.6 Å². The largest absolute Gasteiger partial charge is 0.494 e. The summed E-state index contributed by atoms with van der Waals surface area (Å²) in [5.74, 6) is 0.728. The van der Waals surface area contributed by atoms with E-state index in [1.54, 1.807) is 5.38 Å². The molecule has 0 unspecified atom stereocenters. The van der Waals surface area contributed by atoms with E-state index in [2.05, 4.69) is 20.6 Å². The van der Waals surface area contributed by atoms with Crippen molar-refractivity contribution in [3.63, 3.8) is 0 Å². The van der Waals surface area contributed by atoms with Crippen molar-refractivity contribution in [3.8, 4) is 5.75 Å². The molecule has 1 aliphatic rings. The van der Waals surface area contributed by atoms with E-state index in [0.717, 1.165) is 41.6 Å². The van der Waals surface area contributed by atoms with Crippen LogP contribution in [0.4, 0.5) is 10.3 Å². The first-order valence-corrected chi connectivity index (χ1v) is 11.4. The van der Waals surface area contributed by atoms with Crippen molar-refractivity contribution in [1.29, 1.82) is 0 Å². The molecule has 2 aromatic heterocycles. The van der Waals surface area contributed by atoms with Gasteiger partial charge in [0.2, 0.25) is 11.8 Å². The van der Waals surface area contributed by atoms with Gasteiger partial charge in [0.25, 0.3) is 0 Å². The van der Waals surface area contributed by atoms with Crippen LogP contribution in [-0.4, -0.2) is 28.4 Å². The molecule has 1 aliphatic carbocycles. The Balaban J connectivity index is 1.34. The zero-order chi connectivity index (χ0) is 20.2. The molecule has 0 spiro atoms. The number of hydrogen-bond donors (Lipinski definition) is 2. The molecule has 7 nitrogen and oxygen atoms in total. The molecule has 0 saturated heterocycles. The van der Waals surface area contributed by atoms with Crippen molar-refractivity contribution in [2.24, 2.45) is 5.92 Å². The van der Waals surface area contributed by atoms with Gasteiger partial charge >= 0.3 is 0 Å². The van der Waals surface area contributed by atoms with E-state index < -0.39 is 0 Å². The maximum absolute atomic E-state index is 12.4. The summed E-state index contributed by atoms with van der Waals surface area (Å²) in [7, 11) is 0. The normalized spacial score (nSPS) is 14.2. The highest BCUT2D eigenvalue weighted by atomic mass is 32.1. The molecule has 152 valence electrons. The van der Waals surface area contributed by atoms with E-state index in [1.165, 1.54) is 22.7 Å². The van der Waals surface area contributed by atoms with Gasteiger partial charge in [-0.25, -0.2) is 9.97 Å². The maximum Gasteiger partial charge on any atom is 0.232 e. The highest BCUT2D eigenvalue weighted by molar-refractivity contribution is 7.22. The zero-order valence-corrected chi connectivity index (χ0v) is 17.7. The molecule has 2 N–H and O–H groups in total. The third-order valence-electron chi connectivity index (χ3n) is 4.77. The van der Waals surface area contributed by atoms with Crippen LogP contribution in [-0.2, 0) is 16.0 Å². The summed E-state index contributed by atoms with van der Waals surface area (Å²) >= 11 is 2.75. The number of amides is 2. The number of rotatable bonds is 7. The zero-order valence-electron chi connectivity index (χ0n) is 16.1. The Morgan fingerprint density at radius 3 is 2.79 bits per heavy atom. The smallest absolute Gasteiger partial charge is 0.232 e. The summed E-state index contributed by atoms with van der Waals surface area (Å²) in [4.78, 5) is 33.4. The number of thiazole rings is 2. The fourth-order valence-corrected chi connectivity index (χ4v) is 5.01. The summed E-state index contributed by atoms with van der Waals surface area (Å²) in [5.41, 5.74) is 1.45. The number of fused-ring (bicyclic) bond motifs is 1. The average molecular weight is 431 g/mol. The van der Waals surface area contributed by atoms with Crippen molar-refractivity contribution < 1.29 is 14.3 Å². The number of anilines is 2. The van der Waals surface area contributed by atoms with Crippen LogP contribution in [0.15, 0.2) is 23.6 Å². The average Bonchev–Trinajstić information content (AvgIpc) is 3.42. The molecular weight excluding hydrogens is 408 g/mol. The minimum atomic E-state index is -0.187. The van der Waals surface area contributed by atoms with Gasteiger partial charge in [-0.3, -0.25) is 9.59 Å². The number of carbonyl (C=O) groups is 2. The fraction of sp³-hybridized carbons (Fsp3) is 0.400. The molecule has 1 saturated carbocycles. The molecular formula is C20H22N4O3S2. The molecule has 0 bridgehead atoms. The standard InChI is InChI=1S/C20H22N4O3S2/c1-2-27-14-7-8-15-16(10-14)29-20(22-15)23-17(25)9-13-11-28-19(21-13)24-18(26)12-5-3-4-6-12/h7-8,10-12H,2-6,9H2,1H3,(H,21,24,26)(H,22,23,25). The molecule has 29 heavy (non-hydrogen) atoms. The van der Waals surface area contributed by atoms with Crippen LogP contribution in [0.1, 0.15) is 38.3 Å². The molecule has 2 amide bonds. The van der Waals surface area contributed by atoms with Crippen LogP contribution in [0.5, 0.6) is 5.75 Å². The van der Waals surface area contributed by atoms with Gasteiger partial charge in [-0.05, 0) is 38.0 Å².